The second-order valence-corrected chi connectivity index (χ2v) is 15.2. The van der Waals surface area contributed by atoms with E-state index in [9.17, 15) is 20.4 Å². The molecule has 0 unspecified atom stereocenters. The van der Waals surface area contributed by atoms with E-state index in [1.54, 1.807) is 36.4 Å². The Balaban J connectivity index is 0.000000165. The largest absolute Gasteiger partial charge is 0.508 e. The van der Waals surface area contributed by atoms with Gasteiger partial charge in [-0.3, -0.25) is 0 Å². The molecule has 2 aliphatic heterocycles. The van der Waals surface area contributed by atoms with Crippen molar-refractivity contribution in [3.8, 4) is 45.5 Å². The minimum atomic E-state index is -0.111. The van der Waals surface area contributed by atoms with Gasteiger partial charge in [0.1, 0.15) is 23.0 Å². The molecule has 8 rings (SSSR count). The van der Waals surface area contributed by atoms with Gasteiger partial charge in [-0.1, -0.05) is 24.3 Å². The number of phenols is 4. The molecule has 0 bridgehead atoms. The summed E-state index contributed by atoms with van der Waals surface area (Å²) in [5.41, 5.74) is 6.51. The molecule has 0 aliphatic carbocycles. The molecule has 53 heavy (non-hydrogen) atoms. The SMILES string of the molecule is CC1(C)C=C(c2ccc(-c3cc4ccc(O)cc4cc3O)nn2)CC(C)(C)N1.CN1CC=C(c2ccc(-c3cc4ccc(O)cc4cc3O)nn2)CC1. The van der Waals surface area contributed by atoms with Gasteiger partial charge in [-0.2, -0.15) is 10.2 Å². The Hall–Kier alpha value is -5.84. The third-order valence-electron chi connectivity index (χ3n) is 9.66. The molecule has 0 radical (unpaired) electrons. The summed E-state index contributed by atoms with van der Waals surface area (Å²) in [7, 11) is 2.10. The zero-order chi connectivity index (χ0) is 37.5. The second kappa shape index (κ2) is 13.9. The van der Waals surface area contributed by atoms with Crippen molar-refractivity contribution in [3.05, 3.63) is 108 Å². The van der Waals surface area contributed by atoms with Crippen molar-refractivity contribution in [2.45, 2.75) is 51.6 Å². The Morgan fingerprint density at radius 1 is 0.585 bits per heavy atom. The van der Waals surface area contributed by atoms with Crippen molar-refractivity contribution in [3.63, 3.8) is 0 Å². The summed E-state index contributed by atoms with van der Waals surface area (Å²) in [6.45, 7) is 10.6. The van der Waals surface area contributed by atoms with Crippen molar-refractivity contribution < 1.29 is 20.4 Å². The lowest BCUT2D eigenvalue weighted by atomic mass is 9.82. The third kappa shape index (κ3) is 7.99. The molecule has 4 aromatic carbocycles. The van der Waals surface area contributed by atoms with Crippen LogP contribution in [0.5, 0.6) is 23.0 Å². The van der Waals surface area contributed by atoms with Crippen LogP contribution in [0.25, 0.3) is 55.2 Å². The minimum Gasteiger partial charge on any atom is -0.508 e. The van der Waals surface area contributed by atoms with E-state index < -0.39 is 0 Å². The van der Waals surface area contributed by atoms with Gasteiger partial charge in [0.25, 0.3) is 0 Å². The molecule has 4 heterocycles. The van der Waals surface area contributed by atoms with Gasteiger partial charge >= 0.3 is 0 Å². The topological polar surface area (TPSA) is 148 Å². The molecular formula is C43H44N6O4. The highest BCUT2D eigenvalue weighted by molar-refractivity contribution is 5.92. The number of aromatic hydroxyl groups is 4. The van der Waals surface area contributed by atoms with Crippen LogP contribution in [0, 0.1) is 0 Å². The van der Waals surface area contributed by atoms with Crippen LogP contribution < -0.4 is 5.32 Å². The molecular weight excluding hydrogens is 665 g/mol. The van der Waals surface area contributed by atoms with Crippen molar-refractivity contribution in [2.24, 2.45) is 0 Å². The van der Waals surface area contributed by atoms with Crippen LogP contribution in [0.15, 0.2) is 97.1 Å². The Morgan fingerprint density at radius 3 is 1.53 bits per heavy atom. The van der Waals surface area contributed by atoms with Crippen LogP contribution in [-0.4, -0.2) is 76.9 Å². The summed E-state index contributed by atoms with van der Waals surface area (Å²) in [4.78, 5) is 2.26. The van der Waals surface area contributed by atoms with Gasteiger partial charge in [-0.25, -0.2) is 0 Å². The Morgan fingerprint density at radius 2 is 1.08 bits per heavy atom. The lowest BCUT2D eigenvalue weighted by Crippen LogP contribution is -2.53. The number of nitrogens with zero attached hydrogens (tertiary/aromatic N) is 5. The smallest absolute Gasteiger partial charge is 0.125 e. The Labute approximate surface area is 308 Å². The maximum Gasteiger partial charge on any atom is 0.125 e. The van der Waals surface area contributed by atoms with E-state index in [0.29, 0.717) is 22.5 Å². The molecule has 10 heteroatoms. The molecule has 0 spiro atoms. The van der Waals surface area contributed by atoms with Gasteiger partial charge in [0, 0.05) is 35.3 Å². The van der Waals surface area contributed by atoms with Gasteiger partial charge in [0.2, 0.25) is 0 Å². The number of hydrogen-bond acceptors (Lipinski definition) is 10. The van der Waals surface area contributed by atoms with Crippen LogP contribution in [0.3, 0.4) is 0 Å². The zero-order valence-corrected chi connectivity index (χ0v) is 30.6. The molecule has 10 nitrogen and oxygen atoms in total. The maximum absolute atomic E-state index is 10.4. The first-order valence-electron chi connectivity index (χ1n) is 17.7. The van der Waals surface area contributed by atoms with Gasteiger partial charge < -0.3 is 30.6 Å². The summed E-state index contributed by atoms with van der Waals surface area (Å²) in [6.07, 6.45) is 6.24. The Kier molecular flexibility index (Phi) is 9.36. The predicted octanol–water partition coefficient (Wildman–Crippen LogP) is 8.07. The second-order valence-electron chi connectivity index (χ2n) is 15.2. The van der Waals surface area contributed by atoms with E-state index >= 15 is 0 Å². The number of benzene rings is 4. The fourth-order valence-electron chi connectivity index (χ4n) is 7.33. The first-order chi connectivity index (χ1) is 25.2. The van der Waals surface area contributed by atoms with Crippen LogP contribution in [0.2, 0.25) is 0 Å². The van der Waals surface area contributed by atoms with Crippen LogP contribution in [-0.2, 0) is 0 Å². The van der Waals surface area contributed by atoms with Gasteiger partial charge in [0.05, 0.1) is 22.8 Å². The standard InChI is InChI=1S/C23H25N3O2.C20H19N3O2/c1-22(2)12-16(13-23(3,4)26-22)19-7-8-20(25-24-19)18-10-14-5-6-17(27)9-15(14)11-21(18)28;1-23-8-6-13(7-9-23)18-4-5-19(22-21-18)17-11-14-2-3-16(24)10-15(14)12-20(17)25/h5-12,26-28H,13H2,1-4H3;2-6,10-12,24-25H,7-9H2,1H3. The number of rotatable bonds is 4. The maximum atomic E-state index is 10.4. The normalized spacial score (nSPS) is 16.8. The van der Waals surface area contributed by atoms with Crippen molar-refractivity contribution in [1.29, 1.82) is 0 Å². The fourth-order valence-corrected chi connectivity index (χ4v) is 7.33. The Bertz CT molecular complexity index is 2380. The van der Waals surface area contributed by atoms with Gasteiger partial charge in [-0.05, 0) is 153 Å². The predicted molar refractivity (Wildman–Crippen MR) is 211 cm³/mol. The lowest BCUT2D eigenvalue weighted by molar-refractivity contribution is 0.297. The van der Waals surface area contributed by atoms with Gasteiger partial charge in [-0.15, -0.1) is 10.2 Å². The minimum absolute atomic E-state index is 0.0177. The van der Waals surface area contributed by atoms with Crippen molar-refractivity contribution in [1.82, 2.24) is 30.6 Å². The first kappa shape index (κ1) is 35.6. The molecule has 0 atom stereocenters. The highest BCUT2D eigenvalue weighted by Gasteiger charge is 2.33. The van der Waals surface area contributed by atoms with Gasteiger partial charge in [0.15, 0.2) is 0 Å². The molecule has 0 amide bonds. The molecule has 6 aromatic rings. The van der Waals surface area contributed by atoms with Crippen molar-refractivity contribution >= 4 is 32.7 Å². The molecule has 2 aliphatic rings. The van der Waals surface area contributed by atoms with Crippen LogP contribution >= 0.6 is 0 Å². The average Bonchev–Trinajstić information content (AvgIpc) is 3.10. The molecule has 0 fully saturated rings. The van der Waals surface area contributed by atoms with Crippen molar-refractivity contribution in [2.75, 3.05) is 20.1 Å². The number of hydrogen-bond donors (Lipinski definition) is 5. The molecule has 2 aromatic heterocycles. The van der Waals surface area contributed by atoms with Crippen LogP contribution in [0.4, 0.5) is 0 Å². The third-order valence-corrected chi connectivity index (χ3v) is 9.66. The van der Waals surface area contributed by atoms with E-state index in [0.717, 1.165) is 58.9 Å². The highest BCUT2D eigenvalue weighted by Crippen LogP contribution is 2.37. The zero-order valence-electron chi connectivity index (χ0n) is 30.6. The molecule has 270 valence electrons. The van der Waals surface area contributed by atoms with E-state index in [4.69, 9.17) is 0 Å². The van der Waals surface area contributed by atoms with E-state index in [-0.39, 0.29) is 34.1 Å². The molecule has 5 N–H and O–H groups in total. The highest BCUT2D eigenvalue weighted by atomic mass is 16.3. The molecule has 0 saturated carbocycles. The summed E-state index contributed by atoms with van der Waals surface area (Å²) >= 11 is 0. The lowest BCUT2D eigenvalue weighted by Gasteiger charge is -2.41. The fraction of sp³-hybridized carbons (Fsp3) is 0.256. The van der Waals surface area contributed by atoms with E-state index in [1.165, 1.54) is 11.1 Å². The monoisotopic (exact) mass is 708 g/mol. The average molecular weight is 709 g/mol. The number of likely N-dealkylation sites (N-methyl/N-ethyl adjacent to an activating group) is 1. The number of fused-ring (bicyclic) bond motifs is 2. The summed E-state index contributed by atoms with van der Waals surface area (Å²) in [5.74, 6) is 0.585. The quantitative estimate of drug-likeness (QED) is 0.122. The first-order valence-corrected chi connectivity index (χ1v) is 17.7. The van der Waals surface area contributed by atoms with E-state index in [2.05, 4.69) is 77.5 Å². The molecule has 0 saturated heterocycles. The van der Waals surface area contributed by atoms with Crippen LogP contribution in [0.1, 0.15) is 51.9 Å². The summed E-state index contributed by atoms with van der Waals surface area (Å²) in [6, 6.07) is 24.9. The number of phenolic OH excluding ortho intramolecular Hbond substituents is 4. The summed E-state index contributed by atoms with van der Waals surface area (Å²) < 4.78 is 0. The van der Waals surface area contributed by atoms with E-state index in [1.807, 2.05) is 48.5 Å². The number of aromatic nitrogens is 4. The number of nitrogens with one attached hydrogen (secondary N) is 1. The summed E-state index contributed by atoms with van der Waals surface area (Å²) in [5, 5.41) is 64.5.